The first-order valence-electron chi connectivity index (χ1n) is 7.22. The molecule has 0 amide bonds. The molecule has 0 aromatic rings. The third-order valence-corrected chi connectivity index (χ3v) is 4.71. The summed E-state index contributed by atoms with van der Waals surface area (Å²) in [6, 6.07) is 0.449. The van der Waals surface area contributed by atoms with Crippen molar-refractivity contribution >= 4 is 11.8 Å². The van der Waals surface area contributed by atoms with Crippen LogP contribution in [0.4, 0.5) is 13.2 Å². The van der Waals surface area contributed by atoms with E-state index >= 15 is 0 Å². The van der Waals surface area contributed by atoms with E-state index in [1.807, 2.05) is 0 Å². The Bertz CT molecular complexity index is 256. The molecule has 0 spiro atoms. The standard InChI is InChI=1S/C14H26F3NS/c1-10(2)18-9-13-5-4-11(3)8-12(13)6-7-19-14(15,16)17/h10-13,18H,4-9H2,1-3H3. The first-order chi connectivity index (χ1) is 8.78. The summed E-state index contributed by atoms with van der Waals surface area (Å²) < 4.78 is 36.6. The molecular formula is C14H26F3NS. The molecule has 0 aromatic carbocycles. The summed E-state index contributed by atoms with van der Waals surface area (Å²) in [5.41, 5.74) is -4.08. The number of thioether (sulfide) groups is 1. The summed E-state index contributed by atoms with van der Waals surface area (Å²) in [4.78, 5) is 0. The van der Waals surface area contributed by atoms with Crippen LogP contribution >= 0.6 is 11.8 Å². The van der Waals surface area contributed by atoms with Crippen LogP contribution in [0.15, 0.2) is 0 Å². The Kier molecular flexibility index (Phi) is 7.01. The molecule has 0 aromatic heterocycles. The van der Waals surface area contributed by atoms with Gasteiger partial charge in [0.1, 0.15) is 0 Å². The fraction of sp³-hybridized carbons (Fsp3) is 1.00. The van der Waals surface area contributed by atoms with Crippen LogP contribution in [0.3, 0.4) is 0 Å². The fourth-order valence-corrected chi connectivity index (χ4v) is 3.55. The number of hydrogen-bond donors (Lipinski definition) is 1. The monoisotopic (exact) mass is 297 g/mol. The van der Waals surface area contributed by atoms with Crippen molar-refractivity contribution in [3.8, 4) is 0 Å². The maximum Gasteiger partial charge on any atom is 0.441 e. The molecule has 1 rings (SSSR count). The van der Waals surface area contributed by atoms with E-state index in [1.165, 1.54) is 6.42 Å². The lowest BCUT2D eigenvalue weighted by Gasteiger charge is -2.35. The van der Waals surface area contributed by atoms with Gasteiger partial charge in [-0.2, -0.15) is 13.2 Å². The van der Waals surface area contributed by atoms with Crippen molar-refractivity contribution in [2.75, 3.05) is 12.3 Å². The summed E-state index contributed by atoms with van der Waals surface area (Å²) in [5.74, 6) is 1.87. The Morgan fingerprint density at radius 1 is 1.21 bits per heavy atom. The molecule has 1 aliphatic carbocycles. The molecule has 0 saturated heterocycles. The highest BCUT2D eigenvalue weighted by molar-refractivity contribution is 8.00. The summed E-state index contributed by atoms with van der Waals surface area (Å²) in [5, 5.41) is 3.44. The van der Waals surface area contributed by atoms with Crippen LogP contribution < -0.4 is 5.32 Å². The summed E-state index contributed by atoms with van der Waals surface area (Å²) in [6.45, 7) is 7.39. The molecule has 0 heterocycles. The Balaban J connectivity index is 2.39. The van der Waals surface area contributed by atoms with E-state index in [1.54, 1.807) is 0 Å². The van der Waals surface area contributed by atoms with Gasteiger partial charge < -0.3 is 5.32 Å². The van der Waals surface area contributed by atoms with Crippen molar-refractivity contribution in [3.63, 3.8) is 0 Å². The van der Waals surface area contributed by atoms with Gasteiger partial charge in [-0.15, -0.1) is 0 Å². The quantitative estimate of drug-likeness (QED) is 0.764. The van der Waals surface area contributed by atoms with Crippen LogP contribution in [0.25, 0.3) is 0 Å². The van der Waals surface area contributed by atoms with Gasteiger partial charge in [-0.05, 0) is 43.6 Å². The maximum absolute atomic E-state index is 12.2. The molecule has 1 aliphatic rings. The largest absolute Gasteiger partial charge is 0.441 e. The van der Waals surface area contributed by atoms with Crippen LogP contribution in [-0.2, 0) is 0 Å². The Hall–Kier alpha value is 0.100. The number of hydrogen-bond acceptors (Lipinski definition) is 2. The van der Waals surface area contributed by atoms with Gasteiger partial charge in [0.25, 0.3) is 0 Å². The second-order valence-electron chi connectivity index (χ2n) is 6.08. The number of rotatable bonds is 6. The van der Waals surface area contributed by atoms with Gasteiger partial charge in [-0.3, -0.25) is 0 Å². The number of halogens is 3. The van der Waals surface area contributed by atoms with Crippen LogP contribution in [0.1, 0.15) is 46.5 Å². The molecule has 0 radical (unpaired) electrons. The van der Waals surface area contributed by atoms with Gasteiger partial charge in [0, 0.05) is 11.8 Å². The third-order valence-electron chi connectivity index (χ3n) is 3.94. The van der Waals surface area contributed by atoms with Gasteiger partial charge in [0.2, 0.25) is 0 Å². The lowest BCUT2D eigenvalue weighted by atomic mass is 9.73. The van der Waals surface area contributed by atoms with Gasteiger partial charge >= 0.3 is 5.51 Å². The molecule has 114 valence electrons. The topological polar surface area (TPSA) is 12.0 Å². The summed E-state index contributed by atoms with van der Waals surface area (Å²) >= 11 is 0.134. The van der Waals surface area contributed by atoms with Crippen LogP contribution in [0, 0.1) is 17.8 Å². The molecule has 0 bridgehead atoms. The summed E-state index contributed by atoms with van der Waals surface area (Å²) in [6.07, 6.45) is 4.15. The van der Waals surface area contributed by atoms with E-state index in [0.717, 1.165) is 19.4 Å². The molecule has 1 fully saturated rings. The highest BCUT2D eigenvalue weighted by Crippen LogP contribution is 2.38. The fourth-order valence-electron chi connectivity index (χ4n) is 2.90. The number of nitrogens with one attached hydrogen (secondary N) is 1. The Labute approximate surface area is 119 Å². The lowest BCUT2D eigenvalue weighted by molar-refractivity contribution is -0.0329. The maximum atomic E-state index is 12.2. The molecule has 0 aliphatic heterocycles. The average molecular weight is 297 g/mol. The van der Waals surface area contributed by atoms with E-state index in [9.17, 15) is 13.2 Å². The van der Waals surface area contributed by atoms with Crippen LogP contribution in [0.5, 0.6) is 0 Å². The molecular weight excluding hydrogens is 271 g/mol. The molecule has 3 unspecified atom stereocenters. The van der Waals surface area contributed by atoms with Gasteiger partial charge in [0.15, 0.2) is 0 Å². The summed E-state index contributed by atoms with van der Waals surface area (Å²) in [7, 11) is 0. The predicted octanol–water partition coefficient (Wildman–Crippen LogP) is 4.68. The first-order valence-corrected chi connectivity index (χ1v) is 8.20. The minimum atomic E-state index is -4.08. The van der Waals surface area contributed by atoms with Crippen molar-refractivity contribution in [1.29, 1.82) is 0 Å². The van der Waals surface area contributed by atoms with E-state index < -0.39 is 5.51 Å². The minimum Gasteiger partial charge on any atom is -0.314 e. The van der Waals surface area contributed by atoms with Gasteiger partial charge in [0.05, 0.1) is 0 Å². The Morgan fingerprint density at radius 3 is 2.47 bits per heavy atom. The molecule has 3 atom stereocenters. The smallest absolute Gasteiger partial charge is 0.314 e. The van der Waals surface area contributed by atoms with Crippen LogP contribution in [-0.4, -0.2) is 23.8 Å². The van der Waals surface area contributed by atoms with E-state index in [4.69, 9.17) is 0 Å². The highest BCUT2D eigenvalue weighted by Gasteiger charge is 2.31. The van der Waals surface area contributed by atoms with Gasteiger partial charge in [-0.1, -0.05) is 39.0 Å². The third kappa shape index (κ3) is 7.45. The van der Waals surface area contributed by atoms with Crippen molar-refractivity contribution in [1.82, 2.24) is 5.32 Å². The zero-order valence-electron chi connectivity index (χ0n) is 12.1. The SMILES string of the molecule is CC1CCC(CNC(C)C)C(CCSC(F)(F)F)C1. The Morgan fingerprint density at radius 2 is 1.89 bits per heavy atom. The zero-order chi connectivity index (χ0) is 14.5. The molecule has 5 heteroatoms. The van der Waals surface area contributed by atoms with E-state index in [2.05, 4.69) is 26.1 Å². The van der Waals surface area contributed by atoms with Crippen molar-refractivity contribution < 1.29 is 13.2 Å². The van der Waals surface area contributed by atoms with Crippen molar-refractivity contribution in [3.05, 3.63) is 0 Å². The van der Waals surface area contributed by atoms with Crippen LogP contribution in [0.2, 0.25) is 0 Å². The van der Waals surface area contributed by atoms with E-state index in [0.29, 0.717) is 30.2 Å². The predicted molar refractivity (Wildman–Crippen MR) is 76.3 cm³/mol. The minimum absolute atomic E-state index is 0.134. The van der Waals surface area contributed by atoms with Crippen molar-refractivity contribution in [2.24, 2.45) is 17.8 Å². The highest BCUT2D eigenvalue weighted by atomic mass is 32.2. The molecule has 1 saturated carbocycles. The second kappa shape index (κ2) is 7.77. The zero-order valence-corrected chi connectivity index (χ0v) is 12.9. The molecule has 1 N–H and O–H groups in total. The van der Waals surface area contributed by atoms with Gasteiger partial charge in [-0.25, -0.2) is 0 Å². The average Bonchev–Trinajstić information content (AvgIpc) is 2.26. The second-order valence-corrected chi connectivity index (χ2v) is 7.24. The van der Waals surface area contributed by atoms with Crippen molar-refractivity contribution in [2.45, 2.75) is 58.0 Å². The first kappa shape index (κ1) is 17.2. The number of alkyl halides is 3. The molecule has 19 heavy (non-hydrogen) atoms. The normalized spacial score (nSPS) is 28.9. The molecule has 1 nitrogen and oxygen atoms in total. The lowest BCUT2D eigenvalue weighted by Crippen LogP contribution is -2.35. The van der Waals surface area contributed by atoms with E-state index in [-0.39, 0.29) is 17.5 Å².